The standard InChI is InChI=1S/C19H22O6/c1-6-8-14(21)25-16-13-10-7-9-11(2)15(13)17(24-12(3)20)19(23-5)18(16)22-4/h7,9-10H,6,8H2,1-5H3. The van der Waals surface area contributed by atoms with Crippen molar-refractivity contribution in [3.63, 3.8) is 0 Å². The Kier molecular flexibility index (Phi) is 5.85. The number of hydrogen-bond acceptors (Lipinski definition) is 6. The average Bonchev–Trinajstić information content (AvgIpc) is 2.56. The Morgan fingerprint density at radius 2 is 1.60 bits per heavy atom. The van der Waals surface area contributed by atoms with E-state index >= 15 is 0 Å². The Morgan fingerprint density at radius 1 is 0.960 bits per heavy atom. The minimum Gasteiger partial charge on any atom is -0.490 e. The van der Waals surface area contributed by atoms with Crippen LogP contribution in [0, 0.1) is 6.92 Å². The van der Waals surface area contributed by atoms with Crippen LogP contribution in [0.15, 0.2) is 18.2 Å². The molecule has 0 atom stereocenters. The van der Waals surface area contributed by atoms with Gasteiger partial charge in [-0.05, 0) is 18.9 Å². The van der Waals surface area contributed by atoms with Crippen molar-refractivity contribution < 1.29 is 28.5 Å². The van der Waals surface area contributed by atoms with Crippen molar-refractivity contribution in [2.45, 2.75) is 33.6 Å². The number of aryl methyl sites for hydroxylation is 1. The maximum Gasteiger partial charge on any atom is 0.311 e. The van der Waals surface area contributed by atoms with E-state index in [0.29, 0.717) is 17.2 Å². The fourth-order valence-electron chi connectivity index (χ4n) is 2.68. The first-order chi connectivity index (χ1) is 11.9. The summed E-state index contributed by atoms with van der Waals surface area (Å²) in [6, 6.07) is 5.49. The van der Waals surface area contributed by atoms with Gasteiger partial charge in [-0.25, -0.2) is 0 Å². The summed E-state index contributed by atoms with van der Waals surface area (Å²) >= 11 is 0. The molecular weight excluding hydrogens is 324 g/mol. The molecule has 0 aromatic heterocycles. The fraction of sp³-hybridized carbons (Fsp3) is 0.368. The Labute approximate surface area is 146 Å². The monoisotopic (exact) mass is 346 g/mol. The van der Waals surface area contributed by atoms with Crippen LogP contribution in [-0.2, 0) is 9.59 Å². The Bertz CT molecular complexity index is 809. The molecule has 0 unspecified atom stereocenters. The lowest BCUT2D eigenvalue weighted by Crippen LogP contribution is -2.11. The smallest absolute Gasteiger partial charge is 0.311 e. The normalized spacial score (nSPS) is 10.4. The number of ether oxygens (including phenoxy) is 4. The molecule has 0 aliphatic rings. The van der Waals surface area contributed by atoms with Crippen molar-refractivity contribution in [3.05, 3.63) is 23.8 Å². The summed E-state index contributed by atoms with van der Waals surface area (Å²) < 4.78 is 21.8. The molecular formula is C19H22O6. The van der Waals surface area contributed by atoms with Crippen molar-refractivity contribution in [1.29, 1.82) is 0 Å². The lowest BCUT2D eigenvalue weighted by Gasteiger charge is -2.20. The molecule has 134 valence electrons. The number of esters is 2. The van der Waals surface area contributed by atoms with E-state index in [-0.39, 0.29) is 35.4 Å². The zero-order valence-electron chi connectivity index (χ0n) is 15.1. The first kappa shape index (κ1) is 18.6. The number of rotatable bonds is 6. The molecule has 0 aliphatic heterocycles. The Balaban J connectivity index is 2.85. The van der Waals surface area contributed by atoms with E-state index in [4.69, 9.17) is 18.9 Å². The highest BCUT2D eigenvalue weighted by molar-refractivity contribution is 6.02. The zero-order valence-corrected chi connectivity index (χ0v) is 15.1. The quantitative estimate of drug-likeness (QED) is 0.585. The van der Waals surface area contributed by atoms with Crippen molar-refractivity contribution in [3.8, 4) is 23.0 Å². The summed E-state index contributed by atoms with van der Waals surface area (Å²) in [5, 5.41) is 1.24. The van der Waals surface area contributed by atoms with E-state index in [1.807, 2.05) is 26.0 Å². The first-order valence-electron chi connectivity index (χ1n) is 8.00. The lowest BCUT2D eigenvalue weighted by atomic mass is 10.0. The van der Waals surface area contributed by atoms with Gasteiger partial charge in [0.25, 0.3) is 0 Å². The lowest BCUT2D eigenvalue weighted by molar-refractivity contribution is -0.134. The molecule has 0 bridgehead atoms. The molecule has 2 rings (SSSR count). The van der Waals surface area contributed by atoms with E-state index in [1.165, 1.54) is 21.1 Å². The van der Waals surface area contributed by atoms with E-state index in [2.05, 4.69) is 0 Å². The highest BCUT2D eigenvalue weighted by atomic mass is 16.6. The molecule has 0 saturated carbocycles. The van der Waals surface area contributed by atoms with Gasteiger partial charge in [0.2, 0.25) is 11.5 Å². The molecule has 0 amide bonds. The molecule has 2 aromatic carbocycles. The summed E-state index contributed by atoms with van der Waals surface area (Å²) in [5.41, 5.74) is 0.850. The van der Waals surface area contributed by atoms with Gasteiger partial charge in [-0.15, -0.1) is 0 Å². The second-order valence-electron chi connectivity index (χ2n) is 5.54. The SMILES string of the molecule is CCCC(=O)Oc1c(OC)c(OC)c(OC(C)=O)c2c(C)cccc12. The van der Waals surface area contributed by atoms with Gasteiger partial charge in [0.1, 0.15) is 0 Å². The molecule has 0 N–H and O–H groups in total. The summed E-state index contributed by atoms with van der Waals surface area (Å²) in [5.74, 6) is 0.0641. The highest BCUT2D eigenvalue weighted by Gasteiger charge is 2.26. The number of carbonyl (C=O) groups excluding carboxylic acids is 2. The molecule has 0 spiro atoms. The van der Waals surface area contributed by atoms with Crippen LogP contribution in [0.25, 0.3) is 10.8 Å². The third-order valence-corrected chi connectivity index (χ3v) is 3.69. The topological polar surface area (TPSA) is 71.1 Å². The molecule has 0 radical (unpaired) electrons. The van der Waals surface area contributed by atoms with E-state index < -0.39 is 5.97 Å². The number of benzene rings is 2. The van der Waals surface area contributed by atoms with Crippen molar-refractivity contribution >= 4 is 22.7 Å². The van der Waals surface area contributed by atoms with Crippen LogP contribution in [-0.4, -0.2) is 26.2 Å². The van der Waals surface area contributed by atoms with Gasteiger partial charge >= 0.3 is 11.9 Å². The molecule has 6 heteroatoms. The van der Waals surface area contributed by atoms with Gasteiger partial charge < -0.3 is 18.9 Å². The largest absolute Gasteiger partial charge is 0.490 e. The molecule has 0 aliphatic carbocycles. The second kappa shape index (κ2) is 7.88. The second-order valence-corrected chi connectivity index (χ2v) is 5.54. The minimum absolute atomic E-state index is 0.207. The van der Waals surface area contributed by atoms with Crippen molar-refractivity contribution in [1.82, 2.24) is 0 Å². The molecule has 0 fully saturated rings. The van der Waals surface area contributed by atoms with Crippen LogP contribution in [0.4, 0.5) is 0 Å². The number of methoxy groups -OCH3 is 2. The summed E-state index contributed by atoms with van der Waals surface area (Å²) in [4.78, 5) is 23.6. The van der Waals surface area contributed by atoms with Crippen LogP contribution >= 0.6 is 0 Å². The number of fused-ring (bicyclic) bond motifs is 1. The third-order valence-electron chi connectivity index (χ3n) is 3.69. The fourth-order valence-corrected chi connectivity index (χ4v) is 2.68. The summed E-state index contributed by atoms with van der Waals surface area (Å²) in [6.07, 6.45) is 0.950. The molecule has 25 heavy (non-hydrogen) atoms. The predicted molar refractivity (Wildman–Crippen MR) is 93.6 cm³/mol. The Hall–Kier alpha value is -2.76. The van der Waals surface area contributed by atoms with Crippen LogP contribution in [0.2, 0.25) is 0 Å². The zero-order chi connectivity index (χ0) is 18.6. The van der Waals surface area contributed by atoms with E-state index in [0.717, 1.165) is 5.56 Å². The average molecular weight is 346 g/mol. The van der Waals surface area contributed by atoms with E-state index in [9.17, 15) is 9.59 Å². The summed E-state index contributed by atoms with van der Waals surface area (Å²) in [6.45, 7) is 5.08. The van der Waals surface area contributed by atoms with Gasteiger partial charge in [-0.2, -0.15) is 0 Å². The van der Waals surface area contributed by atoms with Crippen molar-refractivity contribution in [2.24, 2.45) is 0 Å². The summed E-state index contributed by atoms with van der Waals surface area (Å²) in [7, 11) is 2.88. The maximum atomic E-state index is 12.1. The maximum absolute atomic E-state index is 12.1. The predicted octanol–water partition coefficient (Wildman–Crippen LogP) is 3.80. The van der Waals surface area contributed by atoms with Crippen LogP contribution < -0.4 is 18.9 Å². The van der Waals surface area contributed by atoms with Gasteiger partial charge in [0.05, 0.1) is 14.2 Å². The van der Waals surface area contributed by atoms with Gasteiger partial charge in [-0.3, -0.25) is 9.59 Å². The molecule has 6 nitrogen and oxygen atoms in total. The highest BCUT2D eigenvalue weighted by Crippen LogP contribution is 2.52. The van der Waals surface area contributed by atoms with E-state index in [1.54, 1.807) is 6.07 Å². The molecule has 0 heterocycles. The first-order valence-corrected chi connectivity index (χ1v) is 8.00. The molecule has 0 saturated heterocycles. The van der Waals surface area contributed by atoms with Crippen molar-refractivity contribution in [2.75, 3.05) is 14.2 Å². The minimum atomic E-state index is -0.486. The van der Waals surface area contributed by atoms with Crippen LogP contribution in [0.5, 0.6) is 23.0 Å². The van der Waals surface area contributed by atoms with Gasteiger partial charge in [0, 0.05) is 24.1 Å². The number of carbonyl (C=O) groups is 2. The van der Waals surface area contributed by atoms with Gasteiger partial charge in [0.15, 0.2) is 11.5 Å². The molecule has 2 aromatic rings. The van der Waals surface area contributed by atoms with Crippen LogP contribution in [0.3, 0.4) is 0 Å². The van der Waals surface area contributed by atoms with Crippen LogP contribution in [0.1, 0.15) is 32.3 Å². The third kappa shape index (κ3) is 3.68. The van der Waals surface area contributed by atoms with Gasteiger partial charge in [-0.1, -0.05) is 25.1 Å². The number of hydrogen-bond donors (Lipinski definition) is 0. The Morgan fingerprint density at radius 3 is 2.16 bits per heavy atom.